The van der Waals surface area contributed by atoms with Crippen molar-refractivity contribution in [3.05, 3.63) is 46.2 Å². The molecule has 0 aliphatic rings. The van der Waals surface area contributed by atoms with Crippen LogP contribution >= 0.6 is 23.1 Å². The van der Waals surface area contributed by atoms with E-state index in [0.717, 1.165) is 40.8 Å². The van der Waals surface area contributed by atoms with E-state index in [9.17, 15) is 4.79 Å². The third-order valence-electron chi connectivity index (χ3n) is 4.05. The van der Waals surface area contributed by atoms with E-state index >= 15 is 0 Å². The van der Waals surface area contributed by atoms with Crippen LogP contribution in [0.25, 0.3) is 11.4 Å². The molecule has 0 bridgehead atoms. The van der Waals surface area contributed by atoms with E-state index in [4.69, 9.17) is 0 Å². The Morgan fingerprint density at radius 3 is 2.77 bits per heavy atom. The van der Waals surface area contributed by atoms with Crippen LogP contribution < -0.4 is 5.32 Å². The summed E-state index contributed by atoms with van der Waals surface area (Å²) in [5, 5.41) is 14.5. The minimum Gasteiger partial charge on any atom is -0.325 e. The maximum Gasteiger partial charge on any atom is 0.234 e. The van der Waals surface area contributed by atoms with E-state index < -0.39 is 0 Å². The second-order valence-corrected chi connectivity index (χ2v) is 7.80. The highest BCUT2D eigenvalue weighted by molar-refractivity contribution is 7.99. The summed E-state index contributed by atoms with van der Waals surface area (Å²) in [4.78, 5) is 13.6. The lowest BCUT2D eigenvalue weighted by Crippen LogP contribution is -2.15. The summed E-state index contributed by atoms with van der Waals surface area (Å²) in [6, 6.07) is 9.93. The lowest BCUT2D eigenvalue weighted by Gasteiger charge is -2.08. The Balaban J connectivity index is 1.68. The molecule has 7 heteroatoms. The molecule has 0 aliphatic heterocycles. The minimum absolute atomic E-state index is 0.0414. The highest BCUT2D eigenvalue weighted by Gasteiger charge is 2.16. The first-order valence-corrected chi connectivity index (χ1v) is 10.5. The number of nitrogens with zero attached hydrogens (tertiary/aromatic N) is 3. The molecular formula is C19H22N4OS2. The van der Waals surface area contributed by atoms with E-state index in [0.29, 0.717) is 5.75 Å². The third-order valence-corrected chi connectivity index (χ3v) is 6.09. The molecular weight excluding hydrogens is 364 g/mol. The predicted octanol–water partition coefficient (Wildman–Crippen LogP) is 4.63. The van der Waals surface area contributed by atoms with Gasteiger partial charge in [-0.3, -0.25) is 4.79 Å². The lowest BCUT2D eigenvalue weighted by atomic mass is 10.2. The number of hydrogen-bond donors (Lipinski definition) is 1. The van der Waals surface area contributed by atoms with Gasteiger partial charge in [-0.15, -0.1) is 21.5 Å². The summed E-state index contributed by atoms with van der Waals surface area (Å²) >= 11 is 3.16. The highest BCUT2D eigenvalue weighted by atomic mass is 32.2. The lowest BCUT2D eigenvalue weighted by molar-refractivity contribution is -0.113. The molecule has 2 heterocycles. The van der Waals surface area contributed by atoms with Crippen LogP contribution in [0.15, 0.2) is 40.9 Å². The number of benzene rings is 1. The second-order valence-electron chi connectivity index (χ2n) is 5.86. The zero-order valence-corrected chi connectivity index (χ0v) is 16.8. The van der Waals surface area contributed by atoms with Gasteiger partial charge in [-0.1, -0.05) is 36.9 Å². The van der Waals surface area contributed by atoms with Gasteiger partial charge >= 0.3 is 0 Å². The van der Waals surface area contributed by atoms with E-state index in [1.807, 2.05) is 31.2 Å². The van der Waals surface area contributed by atoms with Crippen LogP contribution in [0, 0.1) is 6.92 Å². The van der Waals surface area contributed by atoms with Crippen LogP contribution in [0.5, 0.6) is 0 Å². The first-order chi connectivity index (χ1) is 12.6. The second kappa shape index (κ2) is 8.51. The zero-order chi connectivity index (χ0) is 18.5. The number of carbonyl (C=O) groups excluding carboxylic acids is 1. The van der Waals surface area contributed by atoms with E-state index in [1.54, 1.807) is 11.3 Å². The summed E-state index contributed by atoms with van der Waals surface area (Å²) in [5.74, 6) is 1.13. The first kappa shape index (κ1) is 18.7. The van der Waals surface area contributed by atoms with Gasteiger partial charge in [0.1, 0.15) is 0 Å². The maximum atomic E-state index is 12.3. The SMILES string of the molecule is CCc1cc(-c2nnc(SCC(=O)Nc3ccccc3C)n2CC)cs1. The number of para-hydroxylation sites is 1. The smallest absolute Gasteiger partial charge is 0.234 e. The molecule has 0 saturated carbocycles. The Kier molecular flexibility index (Phi) is 6.11. The number of hydrogen-bond acceptors (Lipinski definition) is 5. The number of nitrogens with one attached hydrogen (secondary N) is 1. The summed E-state index contributed by atoms with van der Waals surface area (Å²) in [6.45, 7) is 6.96. The number of thioether (sulfide) groups is 1. The predicted molar refractivity (Wildman–Crippen MR) is 109 cm³/mol. The van der Waals surface area contributed by atoms with Gasteiger partial charge in [0.25, 0.3) is 0 Å². The van der Waals surface area contributed by atoms with Crippen molar-refractivity contribution in [3.8, 4) is 11.4 Å². The Labute approximate surface area is 161 Å². The maximum absolute atomic E-state index is 12.3. The van der Waals surface area contributed by atoms with Gasteiger partial charge in [0, 0.05) is 28.1 Å². The normalized spacial score (nSPS) is 10.9. The molecule has 26 heavy (non-hydrogen) atoms. The summed E-state index contributed by atoms with van der Waals surface area (Å²) in [7, 11) is 0. The Morgan fingerprint density at radius 1 is 1.27 bits per heavy atom. The standard InChI is InChI=1S/C19H22N4OS2/c1-4-15-10-14(11-25-15)18-21-22-19(23(18)5-2)26-12-17(24)20-16-9-7-6-8-13(16)3/h6-11H,4-5,12H2,1-3H3,(H,20,24). The van der Waals surface area contributed by atoms with Gasteiger partial charge in [-0.2, -0.15) is 0 Å². The van der Waals surface area contributed by atoms with Gasteiger partial charge in [-0.05, 0) is 38.0 Å². The minimum atomic E-state index is -0.0414. The van der Waals surface area contributed by atoms with Gasteiger partial charge in [0.05, 0.1) is 5.75 Å². The van der Waals surface area contributed by atoms with Crippen molar-refractivity contribution in [1.29, 1.82) is 0 Å². The molecule has 0 aliphatic carbocycles. The van der Waals surface area contributed by atoms with E-state index in [2.05, 4.69) is 45.4 Å². The number of anilines is 1. The van der Waals surface area contributed by atoms with Crippen molar-refractivity contribution in [3.63, 3.8) is 0 Å². The van der Waals surface area contributed by atoms with Crippen molar-refractivity contribution in [2.75, 3.05) is 11.1 Å². The fourth-order valence-corrected chi connectivity index (χ4v) is 4.22. The van der Waals surface area contributed by atoms with E-state index in [1.165, 1.54) is 16.6 Å². The van der Waals surface area contributed by atoms with Gasteiger partial charge in [0.15, 0.2) is 11.0 Å². The monoisotopic (exact) mass is 386 g/mol. The molecule has 1 N–H and O–H groups in total. The van der Waals surface area contributed by atoms with Gasteiger partial charge in [-0.25, -0.2) is 0 Å². The number of rotatable bonds is 7. The largest absolute Gasteiger partial charge is 0.325 e. The molecule has 3 aromatic rings. The molecule has 0 fully saturated rings. The average Bonchev–Trinajstić information content (AvgIpc) is 3.27. The van der Waals surface area contributed by atoms with Crippen LogP contribution in [0.4, 0.5) is 5.69 Å². The molecule has 5 nitrogen and oxygen atoms in total. The third kappa shape index (κ3) is 4.16. The fraction of sp³-hybridized carbons (Fsp3) is 0.316. The Bertz CT molecular complexity index is 901. The average molecular weight is 387 g/mol. The topological polar surface area (TPSA) is 59.8 Å². The molecule has 0 spiro atoms. The molecule has 2 aromatic heterocycles. The van der Waals surface area contributed by atoms with Crippen molar-refractivity contribution in [1.82, 2.24) is 14.8 Å². The zero-order valence-electron chi connectivity index (χ0n) is 15.2. The quantitative estimate of drug-likeness (QED) is 0.602. The van der Waals surface area contributed by atoms with Gasteiger partial charge in [0.2, 0.25) is 5.91 Å². The number of aryl methyl sites for hydroxylation is 2. The fourth-order valence-electron chi connectivity index (χ4n) is 2.61. The molecule has 136 valence electrons. The van der Waals surface area contributed by atoms with Crippen LogP contribution in [0.2, 0.25) is 0 Å². The molecule has 0 saturated heterocycles. The number of amides is 1. The van der Waals surface area contributed by atoms with E-state index in [-0.39, 0.29) is 5.91 Å². The highest BCUT2D eigenvalue weighted by Crippen LogP contribution is 2.28. The number of aromatic nitrogens is 3. The molecule has 0 radical (unpaired) electrons. The number of thiophene rings is 1. The van der Waals surface area contributed by atoms with Crippen molar-refractivity contribution in [2.45, 2.75) is 38.9 Å². The molecule has 1 amide bonds. The number of carbonyl (C=O) groups is 1. The molecule has 3 rings (SSSR count). The Hall–Kier alpha value is -2.12. The summed E-state index contributed by atoms with van der Waals surface area (Å²) in [5.41, 5.74) is 2.99. The Morgan fingerprint density at radius 2 is 2.08 bits per heavy atom. The molecule has 0 atom stereocenters. The van der Waals surface area contributed by atoms with Gasteiger partial charge < -0.3 is 9.88 Å². The molecule has 1 aromatic carbocycles. The van der Waals surface area contributed by atoms with Crippen LogP contribution in [0.3, 0.4) is 0 Å². The van der Waals surface area contributed by atoms with Crippen LogP contribution in [-0.2, 0) is 17.8 Å². The van der Waals surface area contributed by atoms with Crippen molar-refractivity contribution >= 4 is 34.7 Å². The summed E-state index contributed by atoms with van der Waals surface area (Å²) < 4.78 is 2.06. The van der Waals surface area contributed by atoms with Crippen molar-refractivity contribution in [2.24, 2.45) is 0 Å². The molecule has 0 unspecified atom stereocenters. The van der Waals surface area contributed by atoms with Crippen LogP contribution in [-0.4, -0.2) is 26.4 Å². The van der Waals surface area contributed by atoms with Crippen molar-refractivity contribution < 1.29 is 4.79 Å². The first-order valence-electron chi connectivity index (χ1n) is 8.61. The summed E-state index contributed by atoms with van der Waals surface area (Å²) in [6.07, 6.45) is 1.02. The van der Waals surface area contributed by atoms with Crippen LogP contribution in [0.1, 0.15) is 24.3 Å².